The molecule has 1 aliphatic rings. The molecule has 22 heavy (non-hydrogen) atoms. The Morgan fingerprint density at radius 3 is 2.77 bits per heavy atom. The largest absolute Gasteiger partial charge is 0.486 e. The minimum atomic E-state index is -0.451. The van der Waals surface area contributed by atoms with Crippen LogP contribution in [-0.2, 0) is 9.53 Å². The van der Waals surface area contributed by atoms with E-state index in [4.69, 9.17) is 9.47 Å². The van der Waals surface area contributed by atoms with Crippen LogP contribution < -0.4 is 15.4 Å². The SMILES string of the molecule is CC(C)(CNC(=O)CC1COCCN1)Oc1ccccc1.Cl. The van der Waals surface area contributed by atoms with E-state index in [0.717, 1.165) is 18.9 Å². The van der Waals surface area contributed by atoms with Crippen LogP contribution in [0.3, 0.4) is 0 Å². The van der Waals surface area contributed by atoms with Crippen LogP contribution in [0.5, 0.6) is 5.75 Å². The lowest BCUT2D eigenvalue weighted by Crippen LogP contribution is -2.47. The molecule has 2 N–H and O–H groups in total. The van der Waals surface area contributed by atoms with Crippen LogP contribution in [0.25, 0.3) is 0 Å². The molecule has 0 radical (unpaired) electrons. The van der Waals surface area contributed by atoms with Gasteiger partial charge in [0.25, 0.3) is 0 Å². The third kappa shape index (κ3) is 6.64. The Kier molecular flexibility index (Phi) is 7.65. The predicted molar refractivity (Wildman–Crippen MR) is 88.6 cm³/mol. The number of para-hydroxylation sites is 1. The van der Waals surface area contributed by atoms with Gasteiger partial charge in [-0.2, -0.15) is 0 Å². The molecule has 6 heteroatoms. The van der Waals surface area contributed by atoms with E-state index < -0.39 is 5.60 Å². The minimum Gasteiger partial charge on any atom is -0.486 e. The van der Waals surface area contributed by atoms with Gasteiger partial charge in [-0.15, -0.1) is 12.4 Å². The fraction of sp³-hybridized carbons (Fsp3) is 0.562. The van der Waals surface area contributed by atoms with Crippen molar-refractivity contribution in [3.63, 3.8) is 0 Å². The van der Waals surface area contributed by atoms with Crippen molar-refractivity contribution in [2.75, 3.05) is 26.3 Å². The van der Waals surface area contributed by atoms with E-state index in [1.54, 1.807) is 0 Å². The fourth-order valence-corrected chi connectivity index (χ4v) is 2.20. The standard InChI is InChI=1S/C16H24N2O3.ClH/c1-16(2,21-14-6-4-3-5-7-14)12-18-15(19)10-13-11-20-9-8-17-13;/h3-7,13,17H,8-12H2,1-2H3,(H,18,19);1H. The number of rotatable bonds is 6. The van der Waals surface area contributed by atoms with Gasteiger partial charge >= 0.3 is 0 Å². The van der Waals surface area contributed by atoms with Crippen molar-refractivity contribution in [1.82, 2.24) is 10.6 Å². The molecule has 0 bridgehead atoms. The summed E-state index contributed by atoms with van der Waals surface area (Å²) >= 11 is 0. The lowest BCUT2D eigenvalue weighted by molar-refractivity contribution is -0.123. The van der Waals surface area contributed by atoms with Crippen molar-refractivity contribution < 1.29 is 14.3 Å². The third-order valence-electron chi connectivity index (χ3n) is 3.28. The molecular formula is C16H25ClN2O3. The first-order valence-electron chi connectivity index (χ1n) is 7.37. The van der Waals surface area contributed by atoms with E-state index >= 15 is 0 Å². The van der Waals surface area contributed by atoms with Crippen LogP contribution in [0.1, 0.15) is 20.3 Å². The Morgan fingerprint density at radius 2 is 2.14 bits per heavy atom. The predicted octanol–water partition coefficient (Wildman–Crippen LogP) is 1.76. The molecule has 1 saturated heterocycles. The molecule has 1 unspecified atom stereocenters. The first kappa shape index (κ1) is 18.7. The molecule has 1 heterocycles. The number of hydrogen-bond acceptors (Lipinski definition) is 4. The summed E-state index contributed by atoms with van der Waals surface area (Å²) in [5, 5.41) is 6.20. The van der Waals surface area contributed by atoms with E-state index in [-0.39, 0.29) is 24.4 Å². The van der Waals surface area contributed by atoms with E-state index in [2.05, 4.69) is 10.6 Å². The summed E-state index contributed by atoms with van der Waals surface area (Å²) < 4.78 is 11.2. The molecule has 124 valence electrons. The van der Waals surface area contributed by atoms with Crippen molar-refractivity contribution in [2.24, 2.45) is 0 Å². The number of nitrogens with one attached hydrogen (secondary N) is 2. The number of halogens is 1. The van der Waals surface area contributed by atoms with Crippen molar-refractivity contribution in [3.05, 3.63) is 30.3 Å². The van der Waals surface area contributed by atoms with Gasteiger partial charge in [0.1, 0.15) is 11.4 Å². The summed E-state index contributed by atoms with van der Waals surface area (Å²) in [7, 11) is 0. The highest BCUT2D eigenvalue weighted by Crippen LogP contribution is 2.17. The summed E-state index contributed by atoms with van der Waals surface area (Å²) in [4.78, 5) is 11.9. The summed E-state index contributed by atoms with van der Waals surface area (Å²) in [6.07, 6.45) is 0.432. The van der Waals surface area contributed by atoms with Gasteiger partial charge < -0.3 is 20.1 Å². The lowest BCUT2D eigenvalue weighted by atomic mass is 10.1. The van der Waals surface area contributed by atoms with Crippen molar-refractivity contribution in [2.45, 2.75) is 31.9 Å². The summed E-state index contributed by atoms with van der Waals surface area (Å²) in [5.41, 5.74) is -0.451. The molecule has 5 nitrogen and oxygen atoms in total. The van der Waals surface area contributed by atoms with Crippen molar-refractivity contribution in [3.8, 4) is 5.75 Å². The second-order valence-corrected chi connectivity index (χ2v) is 5.88. The highest BCUT2D eigenvalue weighted by atomic mass is 35.5. The van der Waals surface area contributed by atoms with Gasteiger partial charge in [-0.25, -0.2) is 0 Å². The maximum absolute atomic E-state index is 11.9. The number of morpholine rings is 1. The van der Waals surface area contributed by atoms with Crippen LogP contribution in [0.15, 0.2) is 30.3 Å². The van der Waals surface area contributed by atoms with Gasteiger partial charge in [0.2, 0.25) is 5.91 Å². The average molecular weight is 329 g/mol. The molecule has 1 fully saturated rings. The van der Waals surface area contributed by atoms with Crippen LogP contribution >= 0.6 is 12.4 Å². The highest BCUT2D eigenvalue weighted by molar-refractivity contribution is 5.85. The number of carbonyl (C=O) groups is 1. The van der Waals surface area contributed by atoms with Gasteiger partial charge in [-0.1, -0.05) is 18.2 Å². The molecule has 0 aliphatic carbocycles. The molecule has 0 saturated carbocycles. The zero-order valence-electron chi connectivity index (χ0n) is 13.1. The maximum Gasteiger partial charge on any atom is 0.221 e. The van der Waals surface area contributed by atoms with E-state index in [9.17, 15) is 4.79 Å². The fourth-order valence-electron chi connectivity index (χ4n) is 2.20. The van der Waals surface area contributed by atoms with Gasteiger partial charge in [-0.3, -0.25) is 4.79 Å². The third-order valence-corrected chi connectivity index (χ3v) is 3.28. The molecule has 0 aromatic heterocycles. The van der Waals surface area contributed by atoms with Gasteiger partial charge in [-0.05, 0) is 26.0 Å². The van der Waals surface area contributed by atoms with Crippen LogP contribution in [-0.4, -0.2) is 43.9 Å². The van der Waals surface area contributed by atoms with E-state index in [1.807, 2.05) is 44.2 Å². The molecule has 1 aromatic rings. The Hall–Kier alpha value is -1.30. The first-order valence-corrected chi connectivity index (χ1v) is 7.37. The quantitative estimate of drug-likeness (QED) is 0.835. The number of carbonyl (C=O) groups excluding carboxylic acids is 1. The summed E-state index contributed by atoms with van der Waals surface area (Å²) in [6, 6.07) is 9.73. The lowest BCUT2D eigenvalue weighted by Gasteiger charge is -2.28. The van der Waals surface area contributed by atoms with E-state index in [0.29, 0.717) is 19.6 Å². The zero-order chi connectivity index (χ0) is 15.1. The Balaban J connectivity index is 0.00000242. The Morgan fingerprint density at radius 1 is 1.41 bits per heavy atom. The van der Waals surface area contributed by atoms with Crippen molar-refractivity contribution >= 4 is 18.3 Å². The molecule has 0 spiro atoms. The van der Waals surface area contributed by atoms with Gasteiger partial charge in [0.05, 0.1) is 19.8 Å². The van der Waals surface area contributed by atoms with Crippen LogP contribution in [0.2, 0.25) is 0 Å². The number of amides is 1. The molecular weight excluding hydrogens is 304 g/mol. The topological polar surface area (TPSA) is 59.6 Å². The van der Waals surface area contributed by atoms with Crippen LogP contribution in [0, 0.1) is 0 Å². The average Bonchev–Trinajstić information content (AvgIpc) is 2.47. The number of benzene rings is 1. The number of hydrogen-bond donors (Lipinski definition) is 2. The normalized spacial score (nSPS) is 18.2. The highest BCUT2D eigenvalue weighted by Gasteiger charge is 2.22. The second-order valence-electron chi connectivity index (χ2n) is 5.88. The Bertz CT molecular complexity index is 448. The Labute approximate surface area is 138 Å². The van der Waals surface area contributed by atoms with E-state index in [1.165, 1.54) is 0 Å². The smallest absolute Gasteiger partial charge is 0.221 e. The molecule has 1 aromatic carbocycles. The first-order chi connectivity index (χ1) is 10.1. The molecule has 2 rings (SSSR count). The monoisotopic (exact) mass is 328 g/mol. The van der Waals surface area contributed by atoms with Crippen LogP contribution in [0.4, 0.5) is 0 Å². The van der Waals surface area contributed by atoms with Crippen molar-refractivity contribution in [1.29, 1.82) is 0 Å². The molecule has 1 amide bonds. The number of ether oxygens (including phenoxy) is 2. The summed E-state index contributed by atoms with van der Waals surface area (Å²) in [6.45, 7) is 6.51. The zero-order valence-corrected chi connectivity index (χ0v) is 13.9. The van der Waals surface area contributed by atoms with Gasteiger partial charge in [0, 0.05) is 19.0 Å². The molecule has 1 aliphatic heterocycles. The minimum absolute atomic E-state index is 0. The summed E-state index contributed by atoms with van der Waals surface area (Å²) in [5.74, 6) is 0.821. The second kappa shape index (κ2) is 8.98. The molecule has 1 atom stereocenters. The maximum atomic E-state index is 11.9. The van der Waals surface area contributed by atoms with Gasteiger partial charge in [0.15, 0.2) is 0 Å².